The van der Waals surface area contributed by atoms with Crippen molar-refractivity contribution in [2.24, 2.45) is 5.73 Å². The van der Waals surface area contributed by atoms with Gasteiger partial charge in [0.25, 0.3) is 5.91 Å². The van der Waals surface area contributed by atoms with E-state index in [4.69, 9.17) is 15.7 Å². The molecule has 0 radical (unpaired) electrons. The minimum Gasteiger partial charge on any atom is -0.489 e. The highest BCUT2D eigenvalue weighted by Crippen LogP contribution is 2.36. The van der Waals surface area contributed by atoms with Crippen molar-refractivity contribution < 1.29 is 50.7 Å². The van der Waals surface area contributed by atoms with Crippen LogP contribution in [0.4, 0.5) is 26.3 Å². The van der Waals surface area contributed by atoms with Crippen LogP contribution in [0.15, 0.2) is 42.5 Å². The monoisotopic (exact) mass is 535 g/mol. The van der Waals surface area contributed by atoms with Crippen LogP contribution >= 0.6 is 0 Å². The summed E-state index contributed by atoms with van der Waals surface area (Å²) in [5.41, 5.74) is 3.61. The molecule has 0 aliphatic carbocycles. The highest BCUT2D eigenvalue weighted by molar-refractivity contribution is 5.92. The molecule has 0 heterocycles. The summed E-state index contributed by atoms with van der Waals surface area (Å²) in [6.07, 6.45) is -10.4. The second kappa shape index (κ2) is 11.5. The number of hydrogen-bond acceptors (Lipinski definition) is 5. The van der Waals surface area contributed by atoms with Gasteiger partial charge in [0.2, 0.25) is 11.8 Å². The van der Waals surface area contributed by atoms with Crippen LogP contribution in [-0.4, -0.2) is 40.9 Å². The summed E-state index contributed by atoms with van der Waals surface area (Å²) in [7, 11) is 1.28. The molecule has 0 saturated heterocycles. The summed E-state index contributed by atoms with van der Waals surface area (Å²) in [4.78, 5) is 37.1. The fourth-order valence-electron chi connectivity index (χ4n) is 3.32. The molecule has 0 spiro atoms. The number of rotatable bonds is 9. The Balaban J connectivity index is 2.25. The second-order valence-electron chi connectivity index (χ2n) is 8.10. The lowest BCUT2D eigenvalue weighted by atomic mass is 9.93. The smallest absolute Gasteiger partial charge is 0.416 e. The minimum atomic E-state index is -5.00. The number of nitrogens with two attached hydrogens (primary N) is 1. The first-order valence-corrected chi connectivity index (χ1v) is 10.5. The zero-order valence-corrected chi connectivity index (χ0v) is 19.5. The summed E-state index contributed by atoms with van der Waals surface area (Å²) >= 11 is 0. The van der Waals surface area contributed by atoms with Gasteiger partial charge in [0, 0.05) is 13.5 Å². The predicted molar refractivity (Wildman–Crippen MR) is 116 cm³/mol. The summed E-state index contributed by atoms with van der Waals surface area (Å²) in [5, 5.41) is 8.77. The van der Waals surface area contributed by atoms with Crippen molar-refractivity contribution in [2.45, 2.75) is 44.3 Å². The topological polar surface area (TPSA) is 122 Å². The Hall–Kier alpha value is -3.81. The first-order chi connectivity index (χ1) is 17.0. The highest BCUT2D eigenvalue weighted by atomic mass is 19.4. The predicted octanol–water partition coefficient (Wildman–Crippen LogP) is 3.61. The Morgan fingerprint density at radius 1 is 1.00 bits per heavy atom. The number of nitrogens with one attached hydrogen (secondary N) is 1. The first kappa shape index (κ1) is 29.4. The van der Waals surface area contributed by atoms with Crippen LogP contribution in [0, 0.1) is 0 Å². The lowest BCUT2D eigenvalue weighted by Gasteiger charge is -2.27. The van der Waals surface area contributed by atoms with Gasteiger partial charge in [-0.1, -0.05) is 12.1 Å². The number of amides is 3. The summed E-state index contributed by atoms with van der Waals surface area (Å²) in [6, 6.07) is 5.34. The van der Waals surface area contributed by atoms with Gasteiger partial charge in [0.1, 0.15) is 18.4 Å². The number of carbonyl (C=O) groups is 3. The van der Waals surface area contributed by atoms with Gasteiger partial charge in [-0.25, -0.2) is 5.48 Å². The normalized spacial score (nSPS) is 13.4. The maximum absolute atomic E-state index is 13.0. The van der Waals surface area contributed by atoms with Gasteiger partial charge in [-0.15, -0.1) is 0 Å². The number of hydroxylamine groups is 1. The molecule has 14 heteroatoms. The van der Waals surface area contributed by atoms with Gasteiger partial charge in [0.05, 0.1) is 17.0 Å². The molecular formula is C23H23F6N3O5. The third-order valence-electron chi connectivity index (χ3n) is 5.46. The summed E-state index contributed by atoms with van der Waals surface area (Å²) in [5.74, 6) is -3.44. The molecule has 8 nitrogen and oxygen atoms in total. The van der Waals surface area contributed by atoms with E-state index < -0.39 is 66.2 Å². The molecule has 3 amide bonds. The van der Waals surface area contributed by atoms with E-state index in [0.29, 0.717) is 12.1 Å². The zero-order valence-electron chi connectivity index (χ0n) is 19.5. The Labute approximate surface area is 206 Å². The molecule has 0 aliphatic heterocycles. The maximum atomic E-state index is 13.0. The third-order valence-corrected chi connectivity index (χ3v) is 5.46. The van der Waals surface area contributed by atoms with E-state index in [2.05, 4.69) is 0 Å². The molecule has 0 aromatic heterocycles. The van der Waals surface area contributed by atoms with Gasteiger partial charge in [-0.2, -0.15) is 26.3 Å². The average Bonchev–Trinajstić information content (AvgIpc) is 2.83. The van der Waals surface area contributed by atoms with Crippen LogP contribution in [0.5, 0.6) is 5.75 Å². The fourth-order valence-corrected chi connectivity index (χ4v) is 3.32. The molecule has 37 heavy (non-hydrogen) atoms. The van der Waals surface area contributed by atoms with E-state index >= 15 is 0 Å². The quantitative estimate of drug-likeness (QED) is 0.257. The standard InChI is InChI=1S/C23H23F6N3O5/c1-12(20(34)31-36)32(2)21(35)18(10-19(30)33)14-3-5-17(6-4-14)37-11-13-7-15(22(24,25)26)9-16(8-13)23(27,28)29/h3-9,12,18,36H,10-11H2,1-2H3,(H2,30,33)(H,31,34)/t12-,18?/m1/s1. The first-order valence-electron chi connectivity index (χ1n) is 10.5. The van der Waals surface area contributed by atoms with Crippen LogP contribution in [-0.2, 0) is 33.3 Å². The molecule has 4 N–H and O–H groups in total. The van der Waals surface area contributed by atoms with Crippen molar-refractivity contribution in [3.8, 4) is 5.75 Å². The van der Waals surface area contributed by atoms with Crippen molar-refractivity contribution in [1.29, 1.82) is 0 Å². The molecule has 2 rings (SSSR count). The average molecular weight is 535 g/mol. The van der Waals surface area contributed by atoms with Crippen molar-refractivity contribution >= 4 is 17.7 Å². The molecule has 1 unspecified atom stereocenters. The number of halogens is 6. The number of likely N-dealkylation sites (N-methyl/N-ethyl adjacent to an activating group) is 1. The number of carbonyl (C=O) groups excluding carboxylic acids is 3. The van der Waals surface area contributed by atoms with Crippen LogP contribution in [0.3, 0.4) is 0 Å². The van der Waals surface area contributed by atoms with Gasteiger partial charge in [-0.05, 0) is 48.4 Å². The molecule has 2 atom stereocenters. The van der Waals surface area contributed by atoms with E-state index in [-0.39, 0.29) is 22.9 Å². The summed E-state index contributed by atoms with van der Waals surface area (Å²) < 4.78 is 83.6. The van der Waals surface area contributed by atoms with E-state index in [1.807, 2.05) is 0 Å². The largest absolute Gasteiger partial charge is 0.489 e. The van der Waals surface area contributed by atoms with Gasteiger partial charge < -0.3 is 15.4 Å². The Bertz CT molecular complexity index is 1100. The second-order valence-corrected chi connectivity index (χ2v) is 8.10. The van der Waals surface area contributed by atoms with E-state index in [1.54, 1.807) is 0 Å². The maximum Gasteiger partial charge on any atom is 0.416 e. The molecular weight excluding hydrogens is 512 g/mol. The lowest BCUT2D eigenvalue weighted by molar-refractivity contribution is -0.143. The van der Waals surface area contributed by atoms with Crippen LogP contribution in [0.2, 0.25) is 0 Å². The number of primary amides is 1. The molecule has 0 fully saturated rings. The molecule has 0 bridgehead atoms. The Morgan fingerprint density at radius 2 is 1.51 bits per heavy atom. The van der Waals surface area contributed by atoms with Crippen molar-refractivity contribution in [1.82, 2.24) is 10.4 Å². The fraction of sp³-hybridized carbons (Fsp3) is 0.348. The lowest BCUT2D eigenvalue weighted by Crippen LogP contribution is -2.47. The van der Waals surface area contributed by atoms with Gasteiger partial charge in [0.15, 0.2) is 0 Å². The van der Waals surface area contributed by atoms with Crippen molar-refractivity contribution in [3.05, 3.63) is 64.7 Å². The Kier molecular flexibility index (Phi) is 9.14. The van der Waals surface area contributed by atoms with Crippen LogP contribution in [0.25, 0.3) is 0 Å². The minimum absolute atomic E-state index is 0.0102. The molecule has 202 valence electrons. The molecule has 2 aromatic rings. The number of nitrogens with zero attached hydrogens (tertiary/aromatic N) is 1. The summed E-state index contributed by atoms with van der Waals surface area (Å²) in [6.45, 7) is 0.714. The van der Waals surface area contributed by atoms with Gasteiger partial charge >= 0.3 is 12.4 Å². The van der Waals surface area contributed by atoms with Crippen molar-refractivity contribution in [3.63, 3.8) is 0 Å². The van der Waals surface area contributed by atoms with Gasteiger partial charge in [-0.3, -0.25) is 19.6 Å². The number of alkyl halides is 6. The van der Waals surface area contributed by atoms with E-state index in [1.165, 1.54) is 43.7 Å². The molecule has 0 aliphatic rings. The van der Waals surface area contributed by atoms with Crippen LogP contribution in [0.1, 0.15) is 41.5 Å². The van der Waals surface area contributed by atoms with Crippen LogP contribution < -0.4 is 16.0 Å². The van der Waals surface area contributed by atoms with E-state index in [0.717, 1.165) is 4.90 Å². The number of ether oxygens (including phenoxy) is 1. The molecule has 0 saturated carbocycles. The zero-order chi connectivity index (χ0) is 28.1. The Morgan fingerprint density at radius 3 is 1.95 bits per heavy atom. The third kappa shape index (κ3) is 7.84. The number of benzene rings is 2. The SMILES string of the molecule is C[C@H](C(=O)NO)N(C)C(=O)C(CC(N)=O)c1ccc(OCc2cc(C(F)(F)F)cc(C(F)(F)F)c2)cc1. The molecule has 2 aromatic carbocycles. The highest BCUT2D eigenvalue weighted by Gasteiger charge is 2.37. The van der Waals surface area contributed by atoms with E-state index in [9.17, 15) is 40.7 Å². The number of hydrogen-bond donors (Lipinski definition) is 3. The van der Waals surface area contributed by atoms with Crippen molar-refractivity contribution in [2.75, 3.05) is 7.05 Å².